The molecule has 9 aromatic carbocycles. The molecule has 0 amide bonds. The van der Waals surface area contributed by atoms with Crippen molar-refractivity contribution in [2.75, 3.05) is 19.6 Å². The third-order valence-corrected chi connectivity index (χ3v) is 26.3. The van der Waals surface area contributed by atoms with Gasteiger partial charge in [0.25, 0.3) is 6.71 Å². The first-order valence-corrected chi connectivity index (χ1v) is 37.1. The molecular weight excluding hydrogens is 1180 g/mol. The van der Waals surface area contributed by atoms with Gasteiger partial charge in [-0.3, -0.25) is 0 Å². The van der Waals surface area contributed by atoms with E-state index < -0.39 is 0 Å². The third kappa shape index (κ3) is 9.45. The maximum atomic E-state index is 2.89. The summed E-state index contributed by atoms with van der Waals surface area (Å²) in [6, 6.07) is 69.0. The van der Waals surface area contributed by atoms with Crippen molar-refractivity contribution in [1.29, 1.82) is 0 Å². The van der Waals surface area contributed by atoms with Crippen molar-refractivity contribution < 1.29 is 0 Å². The van der Waals surface area contributed by atoms with Gasteiger partial charge in [-0.25, -0.2) is 0 Å². The Balaban J connectivity index is 1.06. The highest BCUT2D eigenvalue weighted by Gasteiger charge is 2.59. The first-order chi connectivity index (χ1) is 45.2. The molecule has 2 atom stereocenters. The number of fused-ring (bicyclic) bond motifs is 12. The van der Waals surface area contributed by atoms with Gasteiger partial charge in [0.2, 0.25) is 0 Å². The van der Waals surface area contributed by atoms with Crippen LogP contribution in [0.3, 0.4) is 0 Å². The fraction of sp³-hybridized carbons (Fsp3) is 0.400. The van der Waals surface area contributed by atoms with E-state index in [0.717, 1.165) is 49.2 Å². The molecule has 16 rings (SSSR count). The zero-order chi connectivity index (χ0) is 67.6. The molecule has 0 spiro atoms. The van der Waals surface area contributed by atoms with Crippen molar-refractivity contribution in [2.45, 2.75) is 232 Å². The largest absolute Gasteiger partial charge is 0.334 e. The van der Waals surface area contributed by atoms with E-state index >= 15 is 0 Å². The SMILES string of the molecule is CC(C)(C)c1ccc(N(c2ccc(C(C)(C)C)cc2)c2ccc3c(c2)N(c2cccc4sc5ccccc5c24)c2cc(N4c5ccc(C(C)(C)C)cc5C5(C)CCCCC45C)cc4c2B3c2cc3c(cc2N4c2ccc4c(c2)C(C)(C)CCC4(C)C)C(C)(C)CCC3(C)C)cc1. The van der Waals surface area contributed by atoms with Crippen LogP contribution in [0.2, 0.25) is 0 Å². The quantitative estimate of drug-likeness (QED) is 0.154. The Kier molecular flexibility index (Phi) is 13.8. The lowest BCUT2D eigenvalue weighted by Gasteiger charge is -2.51. The molecule has 0 radical (unpaired) electrons. The molecule has 2 unspecified atom stereocenters. The Bertz CT molecular complexity index is 4790. The first-order valence-electron chi connectivity index (χ1n) is 36.3. The standard InChI is InChI=1S/C90H101BN4S/c1-82(2,3)56-29-34-59(35-30-56)92(60-36-31-57(32-37-60)83(4,5)6)62-39-41-70-74(51-62)94(73-26-24-28-79-80(73)64-25-20-21-27-78(64)96-79)77-53-63(95-72-42-33-58(84(7,8)9)49-69(72)89(18)43-22-23-44-90(89,95)19)52-76-81(77)91(70)71-54-67-68(88(16,17)48-47-87(67,14)15)55-75(71)93(76)61-38-40-65-66(50-61)86(12,13)46-45-85(65,10)11/h20-21,24-42,49-55H,22-23,43-48H2,1-19H3. The summed E-state index contributed by atoms with van der Waals surface area (Å²) < 4.78 is 2.61. The topological polar surface area (TPSA) is 13.0 Å². The van der Waals surface area contributed by atoms with Crippen LogP contribution in [0.25, 0.3) is 20.2 Å². The van der Waals surface area contributed by atoms with Crippen LogP contribution in [-0.2, 0) is 43.3 Å². The van der Waals surface area contributed by atoms with Gasteiger partial charge < -0.3 is 19.6 Å². The Morgan fingerprint density at radius 2 is 0.906 bits per heavy atom. The highest BCUT2D eigenvalue weighted by atomic mass is 32.1. The number of thiophene rings is 1. The zero-order valence-corrected chi connectivity index (χ0v) is 61.9. The second-order valence-corrected chi connectivity index (χ2v) is 37.4. The number of anilines is 11. The molecule has 6 aliphatic rings. The van der Waals surface area contributed by atoms with E-state index in [4.69, 9.17) is 0 Å². The minimum Gasteiger partial charge on any atom is -0.334 e. The Hall–Kier alpha value is -7.54. The smallest absolute Gasteiger partial charge is 0.252 e. The highest BCUT2D eigenvalue weighted by Crippen LogP contribution is 2.63. The monoisotopic (exact) mass is 1280 g/mol. The lowest BCUT2D eigenvalue weighted by atomic mass is 9.33. The molecule has 1 aromatic heterocycles. The summed E-state index contributed by atoms with van der Waals surface area (Å²) in [5, 5.41) is 2.60. The summed E-state index contributed by atoms with van der Waals surface area (Å²) in [5.74, 6) is 0. The summed E-state index contributed by atoms with van der Waals surface area (Å²) in [6.45, 7) is 46.3. The van der Waals surface area contributed by atoms with Crippen molar-refractivity contribution in [1.82, 2.24) is 0 Å². The van der Waals surface area contributed by atoms with E-state index in [1.807, 2.05) is 11.3 Å². The predicted molar refractivity (Wildman–Crippen MR) is 418 cm³/mol. The van der Waals surface area contributed by atoms with E-state index in [1.165, 1.54) is 146 Å². The zero-order valence-electron chi connectivity index (χ0n) is 61.1. The Morgan fingerprint density at radius 3 is 1.53 bits per heavy atom. The molecule has 1 fully saturated rings. The van der Waals surface area contributed by atoms with Crippen LogP contribution >= 0.6 is 11.3 Å². The van der Waals surface area contributed by atoms with Crippen molar-refractivity contribution in [3.05, 3.63) is 214 Å². The van der Waals surface area contributed by atoms with Gasteiger partial charge in [-0.2, -0.15) is 0 Å². The average molecular weight is 1280 g/mol. The maximum absolute atomic E-state index is 2.89. The van der Waals surface area contributed by atoms with E-state index in [9.17, 15) is 0 Å². The summed E-state index contributed by atoms with van der Waals surface area (Å²) in [7, 11) is 0. The molecule has 3 aliphatic carbocycles. The minimum atomic E-state index is -0.211. The molecular formula is C90H101BN4S. The third-order valence-electron chi connectivity index (χ3n) is 25.2. The van der Waals surface area contributed by atoms with Crippen LogP contribution in [0.1, 0.15) is 227 Å². The summed E-state index contributed by atoms with van der Waals surface area (Å²) in [5.41, 5.74) is 28.9. The lowest BCUT2D eigenvalue weighted by Crippen LogP contribution is -2.62. The molecule has 0 N–H and O–H groups in total. The molecule has 4 nitrogen and oxygen atoms in total. The van der Waals surface area contributed by atoms with Crippen LogP contribution < -0.4 is 36.0 Å². The normalized spacial score (nSPS) is 21.1. The molecule has 6 heteroatoms. The van der Waals surface area contributed by atoms with Gasteiger partial charge >= 0.3 is 0 Å². The fourth-order valence-electron chi connectivity index (χ4n) is 18.8. The molecule has 10 aromatic rings. The van der Waals surface area contributed by atoms with Gasteiger partial charge in [0.05, 0.1) is 11.2 Å². The minimum absolute atomic E-state index is 0.00292. The first kappa shape index (κ1) is 63.2. The van der Waals surface area contributed by atoms with Gasteiger partial charge in [-0.05, 0) is 235 Å². The van der Waals surface area contributed by atoms with Gasteiger partial charge in [0, 0.05) is 82.5 Å². The lowest BCUT2D eigenvalue weighted by molar-refractivity contribution is 0.195. The molecule has 4 heterocycles. The Labute approximate surface area is 579 Å². The molecule has 3 aliphatic heterocycles. The van der Waals surface area contributed by atoms with Crippen LogP contribution in [0, 0.1) is 0 Å². The second-order valence-electron chi connectivity index (χ2n) is 36.3. The Morgan fingerprint density at radius 1 is 0.375 bits per heavy atom. The van der Waals surface area contributed by atoms with E-state index in [1.54, 1.807) is 0 Å². The average Bonchev–Trinajstić information content (AvgIpc) is 1.05. The van der Waals surface area contributed by atoms with Gasteiger partial charge in [0.1, 0.15) is 0 Å². The highest BCUT2D eigenvalue weighted by molar-refractivity contribution is 7.26. The van der Waals surface area contributed by atoms with Crippen LogP contribution in [0.15, 0.2) is 170 Å². The van der Waals surface area contributed by atoms with Gasteiger partial charge in [-0.1, -0.05) is 216 Å². The fourth-order valence-corrected chi connectivity index (χ4v) is 19.9. The molecule has 0 bridgehead atoms. The van der Waals surface area contributed by atoms with Crippen LogP contribution in [0.5, 0.6) is 0 Å². The van der Waals surface area contributed by atoms with Crippen LogP contribution in [-0.4, -0.2) is 12.3 Å². The van der Waals surface area contributed by atoms with E-state index in [0.29, 0.717) is 0 Å². The summed E-state index contributed by atoms with van der Waals surface area (Å²) in [4.78, 5) is 11.0. The number of nitrogens with zero attached hydrogens (tertiary/aromatic N) is 4. The summed E-state index contributed by atoms with van der Waals surface area (Å²) in [6.07, 6.45) is 9.30. The molecule has 1 saturated carbocycles. The maximum Gasteiger partial charge on any atom is 0.252 e. The van der Waals surface area contributed by atoms with Crippen molar-refractivity contribution in [3.8, 4) is 0 Å². The van der Waals surface area contributed by atoms with E-state index in [-0.39, 0.29) is 55.6 Å². The van der Waals surface area contributed by atoms with E-state index in [2.05, 4.69) is 321 Å². The van der Waals surface area contributed by atoms with Gasteiger partial charge in [-0.15, -0.1) is 11.3 Å². The van der Waals surface area contributed by atoms with Crippen molar-refractivity contribution in [3.63, 3.8) is 0 Å². The second kappa shape index (κ2) is 21.0. The number of benzene rings is 9. The van der Waals surface area contributed by atoms with Crippen LogP contribution in [0.4, 0.5) is 62.6 Å². The number of rotatable bonds is 6. The molecule has 490 valence electrons. The molecule has 96 heavy (non-hydrogen) atoms. The summed E-state index contributed by atoms with van der Waals surface area (Å²) >= 11 is 1.92. The van der Waals surface area contributed by atoms with Crippen molar-refractivity contribution in [2.24, 2.45) is 0 Å². The number of hydrogen-bond acceptors (Lipinski definition) is 5. The van der Waals surface area contributed by atoms with Crippen molar-refractivity contribution >= 4 is 117 Å². The van der Waals surface area contributed by atoms with Gasteiger partial charge in [0.15, 0.2) is 0 Å². The molecule has 0 saturated heterocycles. The number of hydrogen-bond donors (Lipinski definition) is 0. The predicted octanol–water partition coefficient (Wildman–Crippen LogP) is 23.9.